The van der Waals surface area contributed by atoms with Gasteiger partial charge in [-0.1, -0.05) is 0 Å². The molecule has 1 N–H and O–H groups in total. The molecule has 2 radical (unpaired) electrons. The third-order valence-electron chi connectivity index (χ3n) is 0. The Morgan fingerprint density at radius 2 is 1.38 bits per heavy atom. The van der Waals surface area contributed by atoms with Crippen LogP contribution in [0.4, 0.5) is 0 Å². The van der Waals surface area contributed by atoms with Crippen LogP contribution in [0, 0.1) is 0 Å². The molecule has 0 aliphatic heterocycles. The third kappa shape index (κ3) is 91.2. The standard InChI is InChI=1S/C2H6O.Al.3ClH.Mg/c1-2-3;;;;;/h3H,2H2,1H3;;3*1H;/q;+3;;;;/p-3. The Kier molecular flexibility index (Phi) is 33.3. The zero-order valence-electron chi connectivity index (χ0n) is 4.57. The van der Waals surface area contributed by atoms with Gasteiger partial charge in [-0.2, -0.15) is 0 Å². The highest BCUT2D eigenvalue weighted by molar-refractivity contribution is 7.54. The predicted octanol–water partition coefficient (Wildman–Crippen LogP) is 1.31. The van der Waals surface area contributed by atoms with Crippen LogP contribution in [0.3, 0.4) is 0 Å². The van der Waals surface area contributed by atoms with Crippen LogP contribution in [0.2, 0.25) is 0 Å². The van der Waals surface area contributed by atoms with Crippen molar-refractivity contribution < 1.29 is 5.11 Å². The monoisotopic (exact) mass is 202 g/mol. The Balaban J connectivity index is -0.0000000575. The highest BCUT2D eigenvalue weighted by Gasteiger charge is 2.00. The molecule has 0 amide bonds. The molecule has 0 aliphatic rings. The molecule has 0 saturated carbocycles. The van der Waals surface area contributed by atoms with Gasteiger partial charge >= 0.3 is 11.4 Å². The molecule has 0 aromatic heterocycles. The highest BCUT2D eigenvalue weighted by Crippen LogP contribution is 1.97. The number of aliphatic hydroxyl groups is 1. The van der Waals surface area contributed by atoms with Gasteiger partial charge in [0.1, 0.15) is 0 Å². The molecular weight excluding hydrogens is 198 g/mol. The van der Waals surface area contributed by atoms with Gasteiger partial charge in [-0.05, 0) is 6.92 Å². The average Bonchev–Trinajstić information content (AvgIpc) is 1.33. The Morgan fingerprint density at radius 1 is 1.38 bits per heavy atom. The van der Waals surface area contributed by atoms with Crippen molar-refractivity contribution in [3.8, 4) is 0 Å². The van der Waals surface area contributed by atoms with E-state index in [4.69, 9.17) is 35.3 Å². The first-order valence-corrected chi connectivity index (χ1v) is 6.92. The average molecular weight is 204 g/mol. The van der Waals surface area contributed by atoms with Gasteiger partial charge in [0.2, 0.25) is 0 Å². The van der Waals surface area contributed by atoms with E-state index in [0.717, 1.165) is 0 Å². The Labute approximate surface area is 82.5 Å². The maximum Gasteiger partial charge on any atom is 0.643 e. The minimum absolute atomic E-state index is 0. The van der Waals surface area contributed by atoms with Gasteiger partial charge in [0.05, 0.1) is 0 Å². The van der Waals surface area contributed by atoms with Crippen molar-refractivity contribution in [3.63, 3.8) is 0 Å². The fourth-order valence-corrected chi connectivity index (χ4v) is 0. The molecule has 6 heteroatoms. The molecule has 0 heterocycles. The first kappa shape index (κ1) is 16.6. The van der Waals surface area contributed by atoms with Crippen molar-refractivity contribution in [1.82, 2.24) is 0 Å². The summed E-state index contributed by atoms with van der Waals surface area (Å²) in [5.74, 6) is 0. The molecular formula is C2H6AlCl3MgO. The van der Waals surface area contributed by atoms with E-state index in [-0.39, 0.29) is 29.7 Å². The molecule has 0 aromatic rings. The largest absolute Gasteiger partial charge is 0.643 e. The molecule has 0 rings (SSSR count). The van der Waals surface area contributed by atoms with E-state index in [2.05, 4.69) is 0 Å². The first-order chi connectivity index (χ1) is 3.15. The molecule has 0 spiro atoms. The van der Waals surface area contributed by atoms with Crippen LogP contribution in [0.15, 0.2) is 0 Å². The van der Waals surface area contributed by atoms with Crippen LogP contribution >= 0.6 is 30.1 Å². The van der Waals surface area contributed by atoms with Gasteiger partial charge in [-0.25, -0.2) is 30.1 Å². The van der Waals surface area contributed by atoms with Gasteiger partial charge in [0.25, 0.3) is 0 Å². The number of rotatable bonds is 0. The topological polar surface area (TPSA) is 20.2 Å². The molecule has 0 unspecified atom stereocenters. The lowest BCUT2D eigenvalue weighted by Gasteiger charge is -1.57. The summed E-state index contributed by atoms with van der Waals surface area (Å²) in [5, 5.41) is 7.57. The van der Waals surface area contributed by atoms with Crippen molar-refractivity contribution >= 4 is 64.6 Å². The van der Waals surface area contributed by atoms with Crippen LogP contribution < -0.4 is 0 Å². The predicted molar refractivity (Wildman–Crippen MR) is 41.8 cm³/mol. The summed E-state index contributed by atoms with van der Waals surface area (Å²) < 4.78 is 0. The van der Waals surface area contributed by atoms with Crippen molar-refractivity contribution in [2.45, 2.75) is 6.92 Å². The van der Waals surface area contributed by atoms with Crippen molar-refractivity contribution in [2.75, 3.05) is 6.61 Å². The summed E-state index contributed by atoms with van der Waals surface area (Å²) in [6.07, 6.45) is 0. The molecule has 0 aliphatic carbocycles. The lowest BCUT2D eigenvalue weighted by molar-refractivity contribution is 0.318. The first-order valence-electron chi connectivity index (χ1n) is 1.68. The Hall–Kier alpha value is 2.13. The summed E-state index contributed by atoms with van der Waals surface area (Å²) in [6, 6.07) is 0. The quantitative estimate of drug-likeness (QED) is 0.589. The molecule has 1 nitrogen and oxygen atoms in total. The van der Waals surface area contributed by atoms with Crippen molar-refractivity contribution in [3.05, 3.63) is 0 Å². The number of aliphatic hydroxyl groups excluding tert-OH is 1. The van der Waals surface area contributed by atoms with Gasteiger partial charge in [-0.15, -0.1) is 0 Å². The molecule has 0 atom stereocenters. The fourth-order valence-electron chi connectivity index (χ4n) is 0. The van der Waals surface area contributed by atoms with E-state index >= 15 is 0 Å². The molecule has 46 valence electrons. The van der Waals surface area contributed by atoms with Gasteiger partial charge in [-0.3, -0.25) is 0 Å². The molecule has 8 heavy (non-hydrogen) atoms. The molecule has 0 saturated heterocycles. The zero-order chi connectivity index (χ0) is 6.28. The summed E-state index contributed by atoms with van der Waals surface area (Å²) in [4.78, 5) is 0. The smallest absolute Gasteiger partial charge is 0.397 e. The van der Waals surface area contributed by atoms with Crippen LogP contribution in [0.1, 0.15) is 6.92 Å². The van der Waals surface area contributed by atoms with E-state index in [9.17, 15) is 0 Å². The van der Waals surface area contributed by atoms with Crippen LogP contribution in [-0.4, -0.2) is 46.2 Å². The fraction of sp³-hybridized carbons (Fsp3) is 1.00. The second kappa shape index (κ2) is 16.1. The lowest BCUT2D eigenvalue weighted by Crippen LogP contribution is -1.66. The van der Waals surface area contributed by atoms with Crippen molar-refractivity contribution in [1.29, 1.82) is 0 Å². The molecule has 0 bridgehead atoms. The summed E-state index contributed by atoms with van der Waals surface area (Å²) in [5.41, 5.74) is 0. The molecule has 0 fully saturated rings. The van der Waals surface area contributed by atoms with E-state index in [1.54, 1.807) is 6.92 Å². The van der Waals surface area contributed by atoms with Crippen molar-refractivity contribution in [2.24, 2.45) is 0 Å². The van der Waals surface area contributed by atoms with E-state index in [1.165, 1.54) is 0 Å². The van der Waals surface area contributed by atoms with Gasteiger partial charge in [0, 0.05) is 29.7 Å². The maximum atomic E-state index is 7.57. The SMILES string of the molecule is CCO.[Cl][Al]([Cl])[Cl].[Mg]. The lowest BCUT2D eigenvalue weighted by atomic mass is 10.9. The second-order valence-electron chi connectivity index (χ2n) is 0.564. The van der Waals surface area contributed by atoms with E-state index in [1.807, 2.05) is 0 Å². The summed E-state index contributed by atoms with van der Waals surface area (Å²) in [6.45, 7) is 1.93. The normalized spacial score (nSPS) is 5.62. The Morgan fingerprint density at radius 3 is 1.38 bits per heavy atom. The third-order valence-corrected chi connectivity index (χ3v) is 0. The van der Waals surface area contributed by atoms with Gasteiger partial charge in [0.15, 0.2) is 0 Å². The van der Waals surface area contributed by atoms with Crippen LogP contribution in [-0.2, 0) is 0 Å². The molecule has 0 aromatic carbocycles. The van der Waals surface area contributed by atoms with Crippen LogP contribution in [0.5, 0.6) is 0 Å². The second-order valence-corrected chi connectivity index (χ2v) is 7.00. The van der Waals surface area contributed by atoms with Gasteiger partial charge < -0.3 is 5.11 Å². The highest BCUT2D eigenvalue weighted by atomic mass is 35.8. The Bertz CT molecular complexity index is 28.5. The summed E-state index contributed by atoms with van der Waals surface area (Å²) in [7, 11) is 14.8. The minimum atomic E-state index is -1.72. The zero-order valence-corrected chi connectivity index (χ0v) is 9.41. The number of hydrogen-bond donors (Lipinski definition) is 1. The van der Waals surface area contributed by atoms with E-state index < -0.39 is 11.4 Å². The minimum Gasteiger partial charge on any atom is -0.397 e. The number of hydrogen-bond acceptors (Lipinski definition) is 1. The number of halogens is 3. The maximum absolute atomic E-state index is 7.57. The van der Waals surface area contributed by atoms with Crippen LogP contribution in [0.25, 0.3) is 0 Å². The van der Waals surface area contributed by atoms with E-state index in [0.29, 0.717) is 0 Å². The summed E-state index contributed by atoms with van der Waals surface area (Å²) >= 11 is -1.72.